The Labute approximate surface area is 268 Å². The van der Waals surface area contributed by atoms with E-state index in [0.29, 0.717) is 34.5 Å². The SMILES string of the molecule is C=Cc1c2[nH]c(c1C)/C=C1\N/C(=C3\c4[nH]c(c(C)c4C(=O)[C@@H]3C(=O)OC)/C=C3\N/C(=C\2)C(C=O)C3CC)[C@@H](CCC(=O)OC)[C@@H]1C. The fourth-order valence-corrected chi connectivity index (χ4v) is 7.66. The van der Waals surface area contributed by atoms with Crippen LogP contribution in [0.1, 0.15) is 82.9 Å². The lowest BCUT2D eigenvalue weighted by molar-refractivity contribution is -0.142. The van der Waals surface area contributed by atoms with E-state index in [9.17, 15) is 19.2 Å². The van der Waals surface area contributed by atoms with Crippen LogP contribution in [0.4, 0.5) is 0 Å². The largest absolute Gasteiger partial charge is 0.469 e. The Morgan fingerprint density at radius 2 is 1.63 bits per heavy atom. The van der Waals surface area contributed by atoms with Gasteiger partial charge in [-0.05, 0) is 56.0 Å². The minimum atomic E-state index is -1.16. The first-order chi connectivity index (χ1) is 22.1. The normalized spacial score (nSPS) is 29.5. The molecular formula is C36H40N4O6. The van der Waals surface area contributed by atoms with Crippen LogP contribution in [0.25, 0.3) is 29.9 Å². The molecule has 0 amide bonds. The van der Waals surface area contributed by atoms with Gasteiger partial charge in [0.2, 0.25) is 0 Å². The third kappa shape index (κ3) is 4.69. The second-order valence-corrected chi connectivity index (χ2v) is 12.5. The van der Waals surface area contributed by atoms with E-state index < -0.39 is 11.9 Å². The molecule has 10 nitrogen and oxygen atoms in total. The van der Waals surface area contributed by atoms with E-state index in [4.69, 9.17) is 9.47 Å². The van der Waals surface area contributed by atoms with Crippen LogP contribution in [0.15, 0.2) is 29.4 Å². The van der Waals surface area contributed by atoms with Gasteiger partial charge >= 0.3 is 11.9 Å². The Hall–Kier alpha value is -4.86. The molecule has 3 aliphatic heterocycles. The predicted molar refractivity (Wildman–Crippen MR) is 175 cm³/mol. The highest BCUT2D eigenvalue weighted by Crippen LogP contribution is 2.49. The molecule has 0 saturated carbocycles. The molecule has 8 bridgehead atoms. The van der Waals surface area contributed by atoms with Gasteiger partial charge in [0.25, 0.3) is 0 Å². The molecule has 0 radical (unpaired) electrons. The fourth-order valence-electron chi connectivity index (χ4n) is 7.66. The maximum atomic E-state index is 14.1. The van der Waals surface area contributed by atoms with Crippen LogP contribution in [0.2, 0.25) is 0 Å². The zero-order valence-electron chi connectivity index (χ0n) is 27.1. The first-order valence-corrected chi connectivity index (χ1v) is 15.7. The number of hydrogen-bond acceptors (Lipinski definition) is 8. The van der Waals surface area contributed by atoms with Crippen molar-refractivity contribution in [3.05, 3.63) is 74.4 Å². The molecule has 5 atom stereocenters. The highest BCUT2D eigenvalue weighted by molar-refractivity contribution is 6.24. The predicted octanol–water partition coefficient (Wildman–Crippen LogP) is 5.29. The summed E-state index contributed by atoms with van der Waals surface area (Å²) in [6.07, 6.45) is 10.1. The highest BCUT2D eigenvalue weighted by Gasteiger charge is 2.48. The molecule has 2 aromatic rings. The second kappa shape index (κ2) is 11.8. The molecule has 0 spiro atoms. The van der Waals surface area contributed by atoms with E-state index in [1.54, 1.807) is 0 Å². The van der Waals surface area contributed by atoms with Crippen molar-refractivity contribution in [2.24, 2.45) is 29.6 Å². The number of rotatable bonds is 7. The first-order valence-electron chi connectivity index (χ1n) is 15.7. The number of hydrogen-bond donors (Lipinski definition) is 4. The number of nitrogens with one attached hydrogen (secondary N) is 4. The zero-order chi connectivity index (χ0) is 33.0. The molecule has 4 N–H and O–H groups in total. The van der Waals surface area contributed by atoms with Gasteiger partial charge in [-0.1, -0.05) is 26.5 Å². The molecule has 46 heavy (non-hydrogen) atoms. The van der Waals surface area contributed by atoms with E-state index in [0.717, 1.165) is 58.0 Å². The minimum Gasteiger partial charge on any atom is -0.469 e. The number of methoxy groups -OCH3 is 2. The summed E-state index contributed by atoms with van der Waals surface area (Å²) in [5, 5.41) is 7.11. The van der Waals surface area contributed by atoms with Gasteiger partial charge < -0.3 is 34.9 Å². The number of aromatic amines is 2. The van der Waals surface area contributed by atoms with Gasteiger partial charge in [0.15, 0.2) is 5.78 Å². The first kappa shape index (κ1) is 31.1. The number of aromatic nitrogens is 2. The van der Waals surface area contributed by atoms with Crippen molar-refractivity contribution in [3.63, 3.8) is 0 Å². The molecular weight excluding hydrogens is 584 g/mol. The van der Waals surface area contributed by atoms with Crippen molar-refractivity contribution in [1.82, 2.24) is 20.6 Å². The Bertz CT molecular complexity index is 1810. The Morgan fingerprint density at radius 1 is 0.935 bits per heavy atom. The zero-order valence-corrected chi connectivity index (χ0v) is 27.1. The second-order valence-electron chi connectivity index (χ2n) is 12.5. The molecule has 10 heteroatoms. The van der Waals surface area contributed by atoms with Gasteiger partial charge in [0, 0.05) is 80.7 Å². The molecule has 2 saturated heterocycles. The number of ketones is 1. The smallest absolute Gasteiger partial charge is 0.321 e. The molecule has 2 fully saturated rings. The van der Waals surface area contributed by atoms with Crippen molar-refractivity contribution < 1.29 is 28.7 Å². The van der Waals surface area contributed by atoms with Crippen LogP contribution >= 0.6 is 0 Å². The third-order valence-electron chi connectivity index (χ3n) is 10.3. The summed E-state index contributed by atoms with van der Waals surface area (Å²) >= 11 is 0. The molecule has 6 rings (SSSR count). The third-order valence-corrected chi connectivity index (χ3v) is 10.3. The van der Waals surface area contributed by atoms with Gasteiger partial charge in [0.05, 0.1) is 25.8 Å². The molecule has 5 heterocycles. The Kier molecular flexibility index (Phi) is 8.00. The lowest BCUT2D eigenvalue weighted by atomic mass is 9.85. The number of Topliss-reactive ketones (excluding diaryl/α,β-unsaturated/α-hetero) is 1. The molecule has 240 valence electrons. The number of allylic oxidation sites excluding steroid dienone is 4. The van der Waals surface area contributed by atoms with Gasteiger partial charge in [-0.2, -0.15) is 0 Å². The average Bonchev–Trinajstić information content (AvgIpc) is 3.79. The summed E-state index contributed by atoms with van der Waals surface area (Å²) in [4.78, 5) is 59.2. The van der Waals surface area contributed by atoms with Crippen molar-refractivity contribution in [1.29, 1.82) is 0 Å². The van der Waals surface area contributed by atoms with Gasteiger partial charge in [-0.25, -0.2) is 0 Å². The number of ether oxygens (including phenoxy) is 2. The summed E-state index contributed by atoms with van der Waals surface area (Å²) < 4.78 is 10.1. The molecule has 2 aromatic heterocycles. The van der Waals surface area contributed by atoms with Crippen molar-refractivity contribution in [3.8, 4) is 0 Å². The standard InChI is InChI=1S/C36H40N4O6/c1-8-19-16(3)23-12-24-17(4)21(10-11-29(42)45-6)33(39-24)31-32(36(44)46-7)35(43)30-18(5)25(40-34(30)31)13-27-20(9-2)22(15-41)28(38-27)14-26(19)37-23/h8,12-15,17,20-22,32,37-40H,1,9-11H2,2-7H3/b24-12-,27-13-,28-14-,33-31-/t17-,20?,21-,22?,32+/m0/s1. The minimum absolute atomic E-state index is 0.0978. The van der Waals surface area contributed by atoms with Crippen LogP contribution in [-0.4, -0.2) is 48.2 Å². The van der Waals surface area contributed by atoms with Crippen LogP contribution in [0.3, 0.4) is 0 Å². The Morgan fingerprint density at radius 3 is 2.28 bits per heavy atom. The lowest BCUT2D eigenvalue weighted by Crippen LogP contribution is -2.25. The number of fused-ring (bicyclic) bond motifs is 7. The van der Waals surface area contributed by atoms with E-state index >= 15 is 0 Å². The van der Waals surface area contributed by atoms with E-state index in [-0.39, 0.29) is 41.8 Å². The lowest BCUT2D eigenvalue weighted by Gasteiger charge is -2.19. The maximum absolute atomic E-state index is 14.1. The summed E-state index contributed by atoms with van der Waals surface area (Å²) in [5.74, 6) is -3.27. The van der Waals surface area contributed by atoms with Gasteiger partial charge in [-0.3, -0.25) is 14.4 Å². The van der Waals surface area contributed by atoms with Crippen LogP contribution in [0, 0.1) is 43.4 Å². The number of carbonyl (C=O) groups is 4. The molecule has 1 aliphatic carbocycles. The molecule has 2 unspecified atom stereocenters. The van der Waals surface area contributed by atoms with Crippen molar-refractivity contribution in [2.75, 3.05) is 14.2 Å². The van der Waals surface area contributed by atoms with E-state index in [1.807, 2.05) is 45.1 Å². The van der Waals surface area contributed by atoms with Crippen molar-refractivity contribution >= 4 is 53.9 Å². The average molecular weight is 625 g/mol. The van der Waals surface area contributed by atoms with E-state index in [2.05, 4.69) is 34.1 Å². The van der Waals surface area contributed by atoms with Gasteiger partial charge in [0.1, 0.15) is 12.2 Å². The van der Waals surface area contributed by atoms with Crippen LogP contribution < -0.4 is 10.6 Å². The quantitative estimate of drug-likeness (QED) is 0.185. The number of aldehydes is 1. The maximum Gasteiger partial charge on any atom is 0.321 e. The summed E-state index contributed by atoms with van der Waals surface area (Å²) in [7, 11) is 2.65. The monoisotopic (exact) mass is 624 g/mol. The number of H-pyrrole nitrogens is 2. The number of esters is 2. The van der Waals surface area contributed by atoms with Crippen LogP contribution in [-0.2, 0) is 23.9 Å². The fraction of sp³-hybridized carbons (Fsp3) is 0.389. The van der Waals surface area contributed by atoms with E-state index in [1.165, 1.54) is 14.2 Å². The topological polar surface area (TPSA) is 142 Å². The summed E-state index contributed by atoms with van der Waals surface area (Å²) in [5.41, 5.74) is 9.79. The summed E-state index contributed by atoms with van der Waals surface area (Å²) in [6.45, 7) is 12.1. The molecule has 0 aromatic carbocycles. The van der Waals surface area contributed by atoms with Crippen LogP contribution in [0.5, 0.6) is 0 Å². The summed E-state index contributed by atoms with van der Waals surface area (Å²) in [6, 6.07) is 0. The number of carbonyl (C=O) groups excluding carboxylic acids is 4. The molecule has 4 aliphatic rings. The van der Waals surface area contributed by atoms with Gasteiger partial charge in [-0.15, -0.1) is 0 Å². The van der Waals surface area contributed by atoms with Crippen molar-refractivity contribution in [2.45, 2.75) is 47.0 Å². The Balaban J connectivity index is 1.67. The highest BCUT2D eigenvalue weighted by atomic mass is 16.5.